The Hall–Kier alpha value is -2.24. The van der Waals surface area contributed by atoms with Gasteiger partial charge in [0, 0.05) is 11.6 Å². The average molecular weight is 299 g/mol. The fraction of sp³-hybridized carbons (Fsp3) is 0.500. The van der Waals surface area contributed by atoms with E-state index in [0.29, 0.717) is 18.4 Å². The fourth-order valence-electron chi connectivity index (χ4n) is 2.85. The van der Waals surface area contributed by atoms with Gasteiger partial charge in [0.05, 0.1) is 0 Å². The first-order valence-electron chi connectivity index (χ1n) is 7.90. The van der Waals surface area contributed by atoms with E-state index in [1.807, 2.05) is 19.1 Å². The van der Waals surface area contributed by atoms with Crippen LogP contribution in [0.15, 0.2) is 36.0 Å². The van der Waals surface area contributed by atoms with Crippen molar-refractivity contribution in [1.82, 2.24) is 19.7 Å². The molecule has 3 rings (SSSR count). The quantitative estimate of drug-likeness (QED) is 0.494. The Balaban J connectivity index is 1.91. The molecule has 0 unspecified atom stereocenters. The van der Waals surface area contributed by atoms with Crippen molar-refractivity contribution in [2.24, 2.45) is 5.16 Å². The summed E-state index contributed by atoms with van der Waals surface area (Å²) in [5.41, 5.74) is 1.91. The molecule has 116 valence electrons. The molecule has 0 saturated heterocycles. The number of oxime groups is 1. The average Bonchev–Trinajstić information content (AvgIpc) is 3.11. The lowest BCUT2D eigenvalue weighted by molar-refractivity contribution is 0.157. The predicted octanol–water partition coefficient (Wildman–Crippen LogP) is 2.97. The van der Waals surface area contributed by atoms with E-state index in [4.69, 9.17) is 9.82 Å². The maximum absolute atomic E-state index is 5.22. The van der Waals surface area contributed by atoms with E-state index < -0.39 is 0 Å². The smallest absolute Gasteiger partial charge is 0.219 e. The van der Waals surface area contributed by atoms with Crippen molar-refractivity contribution < 1.29 is 4.84 Å². The van der Waals surface area contributed by atoms with E-state index in [2.05, 4.69) is 21.3 Å². The number of aromatic nitrogens is 4. The van der Waals surface area contributed by atoms with Gasteiger partial charge in [-0.1, -0.05) is 30.5 Å². The first-order chi connectivity index (χ1) is 10.9. The van der Waals surface area contributed by atoms with Crippen molar-refractivity contribution in [1.29, 1.82) is 0 Å². The van der Waals surface area contributed by atoms with Gasteiger partial charge in [-0.05, 0) is 31.9 Å². The highest BCUT2D eigenvalue weighted by Crippen LogP contribution is 2.31. The molecule has 2 aromatic rings. The van der Waals surface area contributed by atoms with Gasteiger partial charge in [-0.3, -0.25) is 0 Å². The molecule has 1 fully saturated rings. The molecular formula is C16H21N5O. The van der Waals surface area contributed by atoms with Crippen LogP contribution in [0.1, 0.15) is 56.3 Å². The molecule has 22 heavy (non-hydrogen) atoms. The van der Waals surface area contributed by atoms with Crippen LogP contribution >= 0.6 is 0 Å². The van der Waals surface area contributed by atoms with Crippen LogP contribution in [0.2, 0.25) is 0 Å². The minimum Gasteiger partial charge on any atom is -0.394 e. The van der Waals surface area contributed by atoms with Crippen molar-refractivity contribution in [3.8, 4) is 0 Å². The monoisotopic (exact) mass is 299 g/mol. The Morgan fingerprint density at radius 2 is 2.18 bits per heavy atom. The second-order valence-electron chi connectivity index (χ2n) is 5.46. The molecule has 1 saturated carbocycles. The van der Waals surface area contributed by atoms with E-state index >= 15 is 0 Å². The minimum atomic E-state index is 0.501. The van der Waals surface area contributed by atoms with Crippen molar-refractivity contribution in [3.63, 3.8) is 0 Å². The van der Waals surface area contributed by atoms with Crippen LogP contribution in [0, 0.1) is 0 Å². The molecule has 0 aliphatic heterocycles. The van der Waals surface area contributed by atoms with Crippen LogP contribution in [0.5, 0.6) is 0 Å². The van der Waals surface area contributed by atoms with Crippen molar-refractivity contribution in [2.45, 2.75) is 44.9 Å². The third-order valence-electron chi connectivity index (χ3n) is 3.94. The van der Waals surface area contributed by atoms with Crippen LogP contribution in [0.25, 0.3) is 0 Å². The van der Waals surface area contributed by atoms with Gasteiger partial charge in [0.15, 0.2) is 0 Å². The molecular weight excluding hydrogens is 278 g/mol. The maximum atomic E-state index is 5.22. The molecule has 0 radical (unpaired) electrons. The molecule has 6 nitrogen and oxygen atoms in total. The Bertz CT molecular complexity index is 617. The number of hydrogen-bond acceptors (Lipinski definition) is 5. The Morgan fingerprint density at radius 3 is 2.91 bits per heavy atom. The zero-order chi connectivity index (χ0) is 15.2. The molecule has 6 heteroatoms. The van der Waals surface area contributed by atoms with Crippen LogP contribution < -0.4 is 0 Å². The van der Waals surface area contributed by atoms with E-state index in [1.54, 1.807) is 11.0 Å². The Morgan fingerprint density at radius 1 is 1.32 bits per heavy atom. The summed E-state index contributed by atoms with van der Waals surface area (Å²) in [6.45, 7) is 2.40. The number of rotatable bonds is 4. The summed E-state index contributed by atoms with van der Waals surface area (Å²) in [5.74, 6) is 1.12. The zero-order valence-electron chi connectivity index (χ0n) is 12.9. The largest absolute Gasteiger partial charge is 0.394 e. The molecule has 1 aliphatic rings. The van der Waals surface area contributed by atoms with E-state index in [-0.39, 0.29) is 0 Å². The summed E-state index contributed by atoms with van der Waals surface area (Å²) >= 11 is 0. The lowest BCUT2D eigenvalue weighted by Crippen LogP contribution is -2.18. The zero-order valence-corrected chi connectivity index (χ0v) is 12.9. The maximum Gasteiger partial charge on any atom is 0.219 e. The molecule has 1 aliphatic carbocycles. The number of hydrogen-bond donors (Lipinski definition) is 0. The summed E-state index contributed by atoms with van der Waals surface area (Å²) in [5, 5.41) is 8.30. The van der Waals surface area contributed by atoms with Gasteiger partial charge in [-0.2, -0.15) is 9.78 Å². The number of pyridine rings is 1. The third-order valence-corrected chi connectivity index (χ3v) is 3.94. The molecule has 0 amide bonds. The predicted molar refractivity (Wildman–Crippen MR) is 83.6 cm³/mol. The highest BCUT2D eigenvalue weighted by atomic mass is 16.6. The Kier molecular flexibility index (Phi) is 4.78. The second kappa shape index (κ2) is 7.15. The molecule has 2 aromatic heterocycles. The normalized spacial score (nSPS) is 16.7. The topological polar surface area (TPSA) is 65.2 Å². The van der Waals surface area contributed by atoms with Crippen molar-refractivity contribution >= 4 is 5.84 Å². The second-order valence-corrected chi connectivity index (χ2v) is 5.46. The summed E-state index contributed by atoms with van der Waals surface area (Å²) in [6, 6.07) is 6.08. The van der Waals surface area contributed by atoms with Crippen LogP contribution in [-0.2, 0) is 4.84 Å². The van der Waals surface area contributed by atoms with Gasteiger partial charge in [0.25, 0.3) is 0 Å². The molecule has 0 bridgehead atoms. The van der Waals surface area contributed by atoms with Crippen LogP contribution in [0.3, 0.4) is 0 Å². The molecule has 2 heterocycles. The van der Waals surface area contributed by atoms with Gasteiger partial charge < -0.3 is 4.84 Å². The number of nitrogens with zero attached hydrogens (tertiary/aromatic N) is 5. The van der Waals surface area contributed by atoms with Gasteiger partial charge >= 0.3 is 0 Å². The summed E-state index contributed by atoms with van der Waals surface area (Å²) in [7, 11) is 0. The highest BCUT2D eigenvalue weighted by Gasteiger charge is 2.18. The van der Waals surface area contributed by atoms with Crippen molar-refractivity contribution in [2.75, 3.05) is 6.61 Å². The summed E-state index contributed by atoms with van der Waals surface area (Å²) < 4.78 is 1.59. The molecule has 0 aromatic carbocycles. The lowest BCUT2D eigenvalue weighted by Gasteiger charge is -2.21. The van der Waals surface area contributed by atoms with E-state index in [9.17, 15) is 0 Å². The SMILES string of the molecule is CCO/N=C(\c1cccc(C2CCCCC2)n1)n1cncn1. The third kappa shape index (κ3) is 3.32. The van der Waals surface area contributed by atoms with Gasteiger partial charge in [-0.15, -0.1) is 0 Å². The van der Waals surface area contributed by atoms with E-state index in [1.165, 1.54) is 38.4 Å². The Labute approximate surface area is 130 Å². The lowest BCUT2D eigenvalue weighted by atomic mass is 9.86. The first kappa shape index (κ1) is 14.7. The summed E-state index contributed by atoms with van der Waals surface area (Å²) in [4.78, 5) is 14.0. The first-order valence-corrected chi connectivity index (χ1v) is 7.90. The minimum absolute atomic E-state index is 0.501. The van der Waals surface area contributed by atoms with Gasteiger partial charge in [-0.25, -0.2) is 9.97 Å². The van der Waals surface area contributed by atoms with Gasteiger partial charge in [0.2, 0.25) is 5.84 Å². The molecule has 0 atom stereocenters. The van der Waals surface area contributed by atoms with Crippen LogP contribution in [0.4, 0.5) is 0 Å². The summed E-state index contributed by atoms with van der Waals surface area (Å²) in [6.07, 6.45) is 9.44. The van der Waals surface area contributed by atoms with Crippen LogP contribution in [-0.4, -0.2) is 32.2 Å². The van der Waals surface area contributed by atoms with E-state index in [0.717, 1.165) is 11.4 Å². The molecule has 0 spiro atoms. The fourth-order valence-corrected chi connectivity index (χ4v) is 2.85. The molecule has 0 N–H and O–H groups in total. The van der Waals surface area contributed by atoms with Gasteiger partial charge in [0.1, 0.15) is 25.0 Å². The standard InChI is InChI=1S/C16H21N5O/c1-2-22-20-16(21-12-17-11-18-21)15-10-6-9-14(19-15)13-7-4-3-5-8-13/h6,9-13H,2-5,7-8H2,1H3/b20-16+. The highest BCUT2D eigenvalue weighted by molar-refractivity contribution is 5.97. The van der Waals surface area contributed by atoms with Crippen molar-refractivity contribution in [3.05, 3.63) is 42.2 Å².